The molecule has 88 valence electrons. The molecule has 0 aliphatic heterocycles. The van der Waals surface area contributed by atoms with E-state index in [1.165, 1.54) is 21.8 Å². The van der Waals surface area contributed by atoms with Crippen molar-refractivity contribution in [2.24, 2.45) is 0 Å². The summed E-state index contributed by atoms with van der Waals surface area (Å²) in [7, 11) is 0. The zero-order valence-corrected chi connectivity index (χ0v) is 11.3. The van der Waals surface area contributed by atoms with Gasteiger partial charge in [-0.2, -0.15) is 0 Å². The van der Waals surface area contributed by atoms with Gasteiger partial charge in [0.2, 0.25) is 0 Å². The Hall–Kier alpha value is -1.27. The molecule has 6 heteroatoms. The molecule has 3 aromatic rings. The fraction of sp³-hybridized carbons (Fsp3) is 0.0909. The Bertz CT molecular complexity index is 765. The third kappa shape index (κ3) is 1.68. The minimum Gasteiger partial charge on any atom is -0.268 e. The van der Waals surface area contributed by atoms with Crippen LogP contribution in [0.4, 0.5) is 4.39 Å². The summed E-state index contributed by atoms with van der Waals surface area (Å²) in [6, 6.07) is 4.48. The van der Waals surface area contributed by atoms with E-state index in [9.17, 15) is 9.18 Å². The Balaban J connectivity index is 0.00000108. The first-order valence-electron chi connectivity index (χ1n) is 4.73. The number of aryl methyl sites for hydroxylation is 1. The molecule has 0 radical (unpaired) electrons. The van der Waals surface area contributed by atoms with Gasteiger partial charge >= 0.3 is 0 Å². The molecule has 2 heterocycles. The molecule has 17 heavy (non-hydrogen) atoms. The molecule has 2 aromatic heterocycles. The van der Waals surface area contributed by atoms with Crippen molar-refractivity contribution in [2.75, 3.05) is 0 Å². The minimum absolute atomic E-state index is 0. The van der Waals surface area contributed by atoms with Gasteiger partial charge in [-0.1, -0.05) is 6.07 Å². The van der Waals surface area contributed by atoms with E-state index in [0.717, 1.165) is 5.69 Å². The van der Waals surface area contributed by atoms with E-state index in [4.69, 9.17) is 0 Å². The molecule has 1 aromatic carbocycles. The summed E-state index contributed by atoms with van der Waals surface area (Å²) in [4.78, 5) is 16.9. The maximum Gasteiger partial charge on any atom is 0.269 e. The van der Waals surface area contributed by atoms with E-state index in [0.29, 0.717) is 10.5 Å². The molecule has 0 bridgehead atoms. The number of fused-ring (bicyclic) bond motifs is 2. The van der Waals surface area contributed by atoms with Gasteiger partial charge in [0.1, 0.15) is 11.2 Å². The van der Waals surface area contributed by atoms with Crippen LogP contribution in [-0.2, 0) is 0 Å². The summed E-state index contributed by atoms with van der Waals surface area (Å²) in [5.41, 5.74) is 0.853. The van der Waals surface area contributed by atoms with Crippen LogP contribution >= 0.6 is 28.3 Å². The van der Waals surface area contributed by atoms with E-state index in [1.807, 2.05) is 5.38 Å². The van der Waals surface area contributed by atoms with Crippen molar-refractivity contribution >= 4 is 44.2 Å². The Labute approximate surface area is 110 Å². The Kier molecular flexibility index (Phi) is 3.01. The van der Waals surface area contributed by atoms with E-state index >= 15 is 0 Å². The van der Waals surface area contributed by atoms with Crippen LogP contribution < -0.4 is 5.56 Å². The maximum atomic E-state index is 13.6. The zero-order chi connectivity index (χ0) is 11.3. The number of rotatable bonds is 0. The van der Waals surface area contributed by atoms with Crippen LogP contribution in [0.25, 0.3) is 15.9 Å². The number of hydrogen-bond donors (Lipinski definition) is 0. The monoisotopic (exact) mass is 314 g/mol. The van der Waals surface area contributed by atoms with Gasteiger partial charge in [0.15, 0.2) is 4.96 Å². The highest BCUT2D eigenvalue weighted by atomic mass is 79.9. The largest absolute Gasteiger partial charge is 0.269 e. The van der Waals surface area contributed by atoms with Gasteiger partial charge < -0.3 is 0 Å². The van der Waals surface area contributed by atoms with Gasteiger partial charge in [0, 0.05) is 11.1 Å². The van der Waals surface area contributed by atoms with Crippen LogP contribution in [0.1, 0.15) is 5.69 Å². The first-order chi connectivity index (χ1) is 7.68. The lowest BCUT2D eigenvalue weighted by Crippen LogP contribution is -2.15. The van der Waals surface area contributed by atoms with Crippen molar-refractivity contribution in [3.8, 4) is 0 Å². The molecule has 3 nitrogen and oxygen atoms in total. The average Bonchev–Trinajstić information content (AvgIpc) is 2.60. The average molecular weight is 315 g/mol. The lowest BCUT2D eigenvalue weighted by Gasteiger charge is -2.00. The molecular formula is C11H8BrFN2OS. The van der Waals surface area contributed by atoms with Gasteiger partial charge in [-0.25, -0.2) is 9.37 Å². The van der Waals surface area contributed by atoms with Crippen LogP contribution in [0.5, 0.6) is 0 Å². The normalized spacial score (nSPS) is 10.7. The third-order valence-electron chi connectivity index (χ3n) is 2.50. The smallest absolute Gasteiger partial charge is 0.268 e. The van der Waals surface area contributed by atoms with Gasteiger partial charge in [0.05, 0.1) is 5.52 Å². The van der Waals surface area contributed by atoms with Crippen LogP contribution in [0, 0.1) is 12.7 Å². The van der Waals surface area contributed by atoms with E-state index in [1.54, 1.807) is 19.1 Å². The molecule has 0 unspecified atom stereocenters. The molecule has 3 rings (SSSR count). The van der Waals surface area contributed by atoms with Crippen molar-refractivity contribution in [3.05, 3.63) is 45.4 Å². The van der Waals surface area contributed by atoms with Gasteiger partial charge in [-0.05, 0) is 19.1 Å². The molecule has 0 saturated heterocycles. The van der Waals surface area contributed by atoms with Crippen molar-refractivity contribution in [2.45, 2.75) is 6.92 Å². The highest BCUT2D eigenvalue weighted by Crippen LogP contribution is 2.17. The second-order valence-electron chi connectivity index (χ2n) is 3.55. The predicted molar refractivity (Wildman–Crippen MR) is 71.9 cm³/mol. The second kappa shape index (κ2) is 4.19. The van der Waals surface area contributed by atoms with Gasteiger partial charge in [-0.15, -0.1) is 28.3 Å². The Morgan fingerprint density at radius 1 is 1.41 bits per heavy atom. The summed E-state index contributed by atoms with van der Waals surface area (Å²) in [6.45, 7) is 1.80. The summed E-state index contributed by atoms with van der Waals surface area (Å²) in [6.07, 6.45) is 0. The van der Waals surface area contributed by atoms with Gasteiger partial charge in [0.25, 0.3) is 5.56 Å². The first kappa shape index (κ1) is 12.2. The second-order valence-corrected chi connectivity index (χ2v) is 4.38. The molecule has 0 fully saturated rings. The molecule has 0 aliphatic rings. The molecule has 0 atom stereocenters. The number of hydrogen-bond acceptors (Lipinski definition) is 3. The van der Waals surface area contributed by atoms with Crippen LogP contribution in [-0.4, -0.2) is 9.38 Å². The maximum absolute atomic E-state index is 13.6. The van der Waals surface area contributed by atoms with Crippen LogP contribution in [0.2, 0.25) is 0 Å². The third-order valence-corrected chi connectivity index (χ3v) is 3.45. The summed E-state index contributed by atoms with van der Waals surface area (Å²) in [5, 5.41) is 1.89. The fourth-order valence-corrected chi connectivity index (χ4v) is 2.61. The number of aromatic nitrogens is 2. The summed E-state index contributed by atoms with van der Waals surface area (Å²) < 4.78 is 15.0. The number of nitrogens with zero attached hydrogens (tertiary/aromatic N) is 2. The van der Waals surface area contributed by atoms with Crippen LogP contribution in [0.3, 0.4) is 0 Å². The highest BCUT2D eigenvalue weighted by Gasteiger charge is 2.11. The van der Waals surface area contributed by atoms with Crippen molar-refractivity contribution in [3.63, 3.8) is 0 Å². The molecule has 0 aliphatic carbocycles. The van der Waals surface area contributed by atoms with Crippen molar-refractivity contribution in [1.29, 1.82) is 0 Å². The Morgan fingerprint density at radius 2 is 2.18 bits per heavy atom. The molecule has 0 amide bonds. The van der Waals surface area contributed by atoms with Crippen molar-refractivity contribution < 1.29 is 4.39 Å². The quantitative estimate of drug-likeness (QED) is 0.639. The highest BCUT2D eigenvalue weighted by molar-refractivity contribution is 8.93. The fourth-order valence-electron chi connectivity index (χ4n) is 1.75. The topological polar surface area (TPSA) is 34.4 Å². The Morgan fingerprint density at radius 3 is 2.94 bits per heavy atom. The number of thiazole rings is 1. The first-order valence-corrected chi connectivity index (χ1v) is 5.61. The zero-order valence-electron chi connectivity index (χ0n) is 8.81. The molecule has 0 spiro atoms. The SMILES string of the molecule is Br.Cc1csc2nc3cccc(F)c3c(=O)n12. The number of benzene rings is 1. The molecular weight excluding hydrogens is 307 g/mol. The van der Waals surface area contributed by atoms with Crippen LogP contribution in [0.15, 0.2) is 28.4 Å². The van der Waals surface area contributed by atoms with E-state index < -0.39 is 5.82 Å². The van der Waals surface area contributed by atoms with Crippen molar-refractivity contribution in [1.82, 2.24) is 9.38 Å². The lowest BCUT2D eigenvalue weighted by molar-refractivity contribution is 0.638. The summed E-state index contributed by atoms with van der Waals surface area (Å²) in [5.74, 6) is -0.519. The minimum atomic E-state index is -0.519. The van der Waals surface area contributed by atoms with E-state index in [2.05, 4.69) is 4.98 Å². The standard InChI is InChI=1S/C11H7FN2OS.BrH/c1-6-5-16-11-13-8-4-2-3-7(12)9(8)10(15)14(6)11;/h2-5H,1H3;1H. The lowest BCUT2D eigenvalue weighted by atomic mass is 10.2. The predicted octanol–water partition coefficient (Wildman–Crippen LogP) is 2.93. The molecule has 0 saturated carbocycles. The molecule has 0 N–H and O–H groups in total. The van der Waals surface area contributed by atoms with E-state index in [-0.39, 0.29) is 27.9 Å². The number of halogens is 2. The summed E-state index contributed by atoms with van der Waals surface area (Å²) >= 11 is 1.38. The van der Waals surface area contributed by atoms with Gasteiger partial charge in [-0.3, -0.25) is 9.20 Å².